The maximum atomic E-state index is 10.9. The summed E-state index contributed by atoms with van der Waals surface area (Å²) in [6.07, 6.45) is 4.08. The fourth-order valence-electron chi connectivity index (χ4n) is 1.28. The molecule has 0 bridgehead atoms. The minimum absolute atomic E-state index is 0.488. The van der Waals surface area contributed by atoms with E-state index in [0.717, 1.165) is 5.56 Å². The van der Waals surface area contributed by atoms with Gasteiger partial charge in [-0.05, 0) is 25.5 Å². The smallest absolute Gasteiger partial charge is 0.320 e. The third kappa shape index (κ3) is 5.14. The van der Waals surface area contributed by atoms with Gasteiger partial charge in [0.2, 0.25) is 0 Å². The van der Waals surface area contributed by atoms with Crippen LogP contribution >= 0.6 is 11.8 Å². The number of nitrogens with zero attached hydrogens (tertiary/aromatic N) is 2. The third-order valence-corrected chi connectivity index (χ3v) is 3.05. The van der Waals surface area contributed by atoms with Crippen molar-refractivity contribution in [1.29, 1.82) is 0 Å². The number of rotatable bonds is 7. The lowest BCUT2D eigenvalue weighted by atomic mass is 10.2. The highest BCUT2D eigenvalue weighted by molar-refractivity contribution is 7.99. The Morgan fingerprint density at radius 2 is 2.18 bits per heavy atom. The Balaban J connectivity index is 2.35. The van der Waals surface area contributed by atoms with Gasteiger partial charge in [0, 0.05) is 18.1 Å². The predicted molar refractivity (Wildman–Crippen MR) is 67.2 cm³/mol. The topological polar surface area (TPSA) is 75.1 Å². The zero-order valence-electron chi connectivity index (χ0n) is 10.0. The van der Waals surface area contributed by atoms with Crippen molar-refractivity contribution >= 4 is 17.7 Å². The number of aliphatic carboxylic acids is 1. The summed E-state index contributed by atoms with van der Waals surface area (Å²) in [5.74, 6) is -0.121. The van der Waals surface area contributed by atoms with Crippen molar-refractivity contribution in [2.45, 2.75) is 31.5 Å². The van der Waals surface area contributed by atoms with Crippen LogP contribution in [0.3, 0.4) is 0 Å². The van der Waals surface area contributed by atoms with E-state index in [1.807, 2.05) is 13.8 Å². The van der Waals surface area contributed by atoms with Crippen LogP contribution in [0, 0.1) is 6.92 Å². The van der Waals surface area contributed by atoms with Crippen LogP contribution in [-0.2, 0) is 4.79 Å². The Morgan fingerprint density at radius 1 is 1.53 bits per heavy atom. The third-order valence-electron chi connectivity index (χ3n) is 2.14. The van der Waals surface area contributed by atoms with Crippen LogP contribution in [0.25, 0.3) is 0 Å². The molecular weight excluding hydrogens is 238 g/mol. The lowest BCUT2D eigenvalue weighted by Gasteiger charge is -2.11. The number of likely N-dealkylation sites (N-methyl/N-ethyl adjacent to an activating group) is 1. The molecule has 1 aromatic heterocycles. The van der Waals surface area contributed by atoms with Crippen molar-refractivity contribution in [2.75, 3.05) is 12.3 Å². The number of carbonyl (C=O) groups is 1. The van der Waals surface area contributed by atoms with Crippen LogP contribution in [0.15, 0.2) is 17.6 Å². The van der Waals surface area contributed by atoms with E-state index < -0.39 is 12.0 Å². The van der Waals surface area contributed by atoms with Gasteiger partial charge in [-0.1, -0.05) is 18.7 Å². The molecule has 6 heteroatoms. The molecule has 1 atom stereocenters. The molecule has 1 heterocycles. The highest BCUT2D eigenvalue weighted by Gasteiger charge is 2.15. The second kappa shape index (κ2) is 7.24. The number of hydrogen-bond acceptors (Lipinski definition) is 5. The Hall–Kier alpha value is -1.14. The minimum Gasteiger partial charge on any atom is -0.480 e. The van der Waals surface area contributed by atoms with E-state index in [0.29, 0.717) is 23.9 Å². The molecule has 1 rings (SSSR count). The van der Waals surface area contributed by atoms with Crippen LogP contribution in [-0.4, -0.2) is 39.4 Å². The van der Waals surface area contributed by atoms with Gasteiger partial charge >= 0.3 is 5.97 Å². The Bertz CT molecular complexity index is 356. The van der Waals surface area contributed by atoms with Crippen LogP contribution < -0.4 is 5.32 Å². The van der Waals surface area contributed by atoms with Gasteiger partial charge in [-0.2, -0.15) is 0 Å². The molecule has 1 aromatic rings. The Morgan fingerprint density at radius 3 is 2.71 bits per heavy atom. The molecule has 0 saturated carbocycles. The van der Waals surface area contributed by atoms with Crippen molar-refractivity contribution in [3.8, 4) is 0 Å². The molecule has 2 N–H and O–H groups in total. The number of aromatic nitrogens is 2. The number of hydrogen-bond donors (Lipinski definition) is 2. The van der Waals surface area contributed by atoms with Gasteiger partial charge in [0.15, 0.2) is 5.16 Å². The number of aryl methyl sites for hydroxylation is 1. The number of carboxylic acids is 1. The van der Waals surface area contributed by atoms with E-state index in [-0.39, 0.29) is 0 Å². The van der Waals surface area contributed by atoms with Crippen molar-refractivity contribution in [1.82, 2.24) is 15.3 Å². The second-order valence-corrected chi connectivity index (χ2v) is 4.69. The first-order valence-corrected chi connectivity index (χ1v) is 6.49. The van der Waals surface area contributed by atoms with Gasteiger partial charge in [-0.3, -0.25) is 4.79 Å². The van der Waals surface area contributed by atoms with Crippen LogP contribution in [0.1, 0.15) is 18.9 Å². The zero-order valence-corrected chi connectivity index (χ0v) is 10.8. The highest BCUT2D eigenvalue weighted by Crippen LogP contribution is 2.14. The second-order valence-electron chi connectivity index (χ2n) is 3.63. The molecule has 0 aliphatic heterocycles. The van der Waals surface area contributed by atoms with E-state index >= 15 is 0 Å². The zero-order chi connectivity index (χ0) is 12.7. The molecule has 0 radical (unpaired) electrons. The molecule has 5 nitrogen and oxygen atoms in total. The summed E-state index contributed by atoms with van der Waals surface area (Å²) in [6, 6.07) is -0.488. The molecule has 17 heavy (non-hydrogen) atoms. The molecule has 0 spiro atoms. The lowest BCUT2D eigenvalue weighted by molar-refractivity contribution is -0.139. The fraction of sp³-hybridized carbons (Fsp3) is 0.545. The summed E-state index contributed by atoms with van der Waals surface area (Å²) in [6.45, 7) is 4.48. The van der Waals surface area contributed by atoms with Gasteiger partial charge < -0.3 is 10.4 Å². The number of thioether (sulfide) groups is 1. The molecule has 94 valence electrons. The molecule has 0 fully saturated rings. The summed E-state index contributed by atoms with van der Waals surface area (Å²) in [5, 5.41) is 12.5. The Kier molecular flexibility index (Phi) is 5.93. The molecule has 1 unspecified atom stereocenters. The maximum Gasteiger partial charge on any atom is 0.320 e. The van der Waals surface area contributed by atoms with Gasteiger partial charge in [0.25, 0.3) is 0 Å². The summed E-state index contributed by atoms with van der Waals surface area (Å²) < 4.78 is 0. The summed E-state index contributed by atoms with van der Waals surface area (Å²) >= 11 is 1.48. The van der Waals surface area contributed by atoms with Crippen LogP contribution in [0.4, 0.5) is 0 Å². The predicted octanol–water partition coefficient (Wildman–Crippen LogP) is 1.33. The number of carboxylic acid groups (broad SMARTS) is 1. The molecule has 0 aliphatic rings. The van der Waals surface area contributed by atoms with Crippen molar-refractivity contribution < 1.29 is 9.90 Å². The first-order valence-electron chi connectivity index (χ1n) is 5.51. The largest absolute Gasteiger partial charge is 0.480 e. The van der Waals surface area contributed by atoms with Gasteiger partial charge in [-0.15, -0.1) is 0 Å². The van der Waals surface area contributed by atoms with E-state index in [4.69, 9.17) is 5.11 Å². The van der Waals surface area contributed by atoms with Crippen LogP contribution in [0.5, 0.6) is 0 Å². The highest BCUT2D eigenvalue weighted by atomic mass is 32.2. The van der Waals surface area contributed by atoms with Crippen molar-refractivity contribution in [3.05, 3.63) is 18.0 Å². The van der Waals surface area contributed by atoms with Gasteiger partial charge in [0.1, 0.15) is 6.04 Å². The molecule has 0 aliphatic carbocycles. The molecule has 0 saturated heterocycles. The molecular formula is C11H17N3O2S. The van der Waals surface area contributed by atoms with Gasteiger partial charge in [0.05, 0.1) is 0 Å². The van der Waals surface area contributed by atoms with Crippen molar-refractivity contribution in [2.24, 2.45) is 0 Å². The van der Waals surface area contributed by atoms with Gasteiger partial charge in [-0.25, -0.2) is 9.97 Å². The Labute approximate surface area is 105 Å². The molecule has 0 aromatic carbocycles. The number of nitrogens with one attached hydrogen (secondary N) is 1. The van der Waals surface area contributed by atoms with E-state index in [1.54, 1.807) is 12.4 Å². The quantitative estimate of drug-likeness (QED) is 0.565. The average Bonchev–Trinajstić information content (AvgIpc) is 2.30. The summed E-state index contributed by atoms with van der Waals surface area (Å²) in [5.41, 5.74) is 1.02. The molecule has 0 amide bonds. The lowest BCUT2D eigenvalue weighted by Crippen LogP contribution is -2.36. The minimum atomic E-state index is -0.808. The van der Waals surface area contributed by atoms with Crippen molar-refractivity contribution in [3.63, 3.8) is 0 Å². The van der Waals surface area contributed by atoms with E-state index in [9.17, 15) is 4.79 Å². The standard InChI is InChI=1S/C11H17N3O2S/c1-3-12-9(10(15)16)4-5-17-11-13-6-8(2)7-14-11/h6-7,9,12H,3-5H2,1-2H3,(H,15,16). The fourth-order valence-corrected chi connectivity index (χ4v) is 2.07. The normalized spacial score (nSPS) is 12.4. The van der Waals surface area contributed by atoms with Crippen LogP contribution in [0.2, 0.25) is 0 Å². The maximum absolute atomic E-state index is 10.9. The monoisotopic (exact) mass is 255 g/mol. The first kappa shape index (κ1) is 13.9. The summed E-state index contributed by atoms with van der Waals surface area (Å²) in [7, 11) is 0. The SMILES string of the molecule is CCNC(CCSc1ncc(C)cn1)C(=O)O. The van der Waals surface area contributed by atoms with E-state index in [1.165, 1.54) is 11.8 Å². The first-order chi connectivity index (χ1) is 8.13. The average molecular weight is 255 g/mol. The van der Waals surface area contributed by atoms with E-state index in [2.05, 4.69) is 15.3 Å². The summed E-state index contributed by atoms with van der Waals surface area (Å²) in [4.78, 5) is 19.2.